The van der Waals surface area contributed by atoms with Gasteiger partial charge in [-0.1, -0.05) is 23.7 Å². The van der Waals surface area contributed by atoms with Crippen LogP contribution in [0.1, 0.15) is 18.7 Å². The van der Waals surface area contributed by atoms with E-state index in [9.17, 15) is 5.11 Å². The molecule has 0 unspecified atom stereocenters. The largest absolute Gasteiger partial charge is 0.439 e. The predicted molar refractivity (Wildman–Crippen MR) is 113 cm³/mol. The van der Waals surface area contributed by atoms with E-state index in [1.165, 1.54) is 5.69 Å². The number of halogens is 1. The minimum atomic E-state index is 0.286. The van der Waals surface area contributed by atoms with Gasteiger partial charge in [0.1, 0.15) is 0 Å². The SMILES string of the molecule is OCC1CCN(c2ccccc2NCc2ncc(-c3ccc(Cl)cc3)o2)CC1. The van der Waals surface area contributed by atoms with Crippen molar-refractivity contribution in [2.75, 3.05) is 29.9 Å². The second-order valence-electron chi connectivity index (χ2n) is 7.11. The zero-order valence-electron chi connectivity index (χ0n) is 15.6. The molecule has 3 aromatic rings. The molecule has 1 aliphatic rings. The van der Waals surface area contributed by atoms with E-state index in [-0.39, 0.29) is 6.61 Å². The minimum absolute atomic E-state index is 0.286. The molecule has 4 rings (SSSR count). The van der Waals surface area contributed by atoms with E-state index < -0.39 is 0 Å². The standard InChI is InChI=1S/C22H24ClN3O2/c23-18-7-5-17(6-8-18)21-13-25-22(28-21)14-24-19-3-1-2-4-20(19)26-11-9-16(15-27)10-12-26/h1-8,13,16,24,27H,9-12,14-15H2. The van der Waals surface area contributed by atoms with Gasteiger partial charge in [-0.05, 0) is 55.2 Å². The minimum Gasteiger partial charge on any atom is -0.439 e. The Morgan fingerprint density at radius 3 is 2.61 bits per heavy atom. The van der Waals surface area contributed by atoms with Crippen LogP contribution in [0.4, 0.5) is 11.4 Å². The van der Waals surface area contributed by atoms with E-state index in [1.54, 1.807) is 6.20 Å². The molecule has 1 fully saturated rings. The van der Waals surface area contributed by atoms with Gasteiger partial charge in [-0.25, -0.2) is 4.98 Å². The fraction of sp³-hybridized carbons (Fsp3) is 0.318. The molecule has 0 aliphatic carbocycles. The molecule has 2 N–H and O–H groups in total. The number of nitrogens with zero attached hydrogens (tertiary/aromatic N) is 2. The van der Waals surface area contributed by atoms with Crippen molar-refractivity contribution in [3.8, 4) is 11.3 Å². The maximum absolute atomic E-state index is 9.36. The van der Waals surface area contributed by atoms with Crippen LogP contribution < -0.4 is 10.2 Å². The summed E-state index contributed by atoms with van der Waals surface area (Å²) in [6, 6.07) is 15.8. The van der Waals surface area contributed by atoms with Gasteiger partial charge in [-0.3, -0.25) is 0 Å². The zero-order valence-corrected chi connectivity index (χ0v) is 16.4. The van der Waals surface area contributed by atoms with Gasteiger partial charge in [0.05, 0.1) is 24.1 Å². The molecule has 146 valence electrons. The van der Waals surface area contributed by atoms with Gasteiger partial charge in [0.2, 0.25) is 5.89 Å². The molecule has 6 heteroatoms. The summed E-state index contributed by atoms with van der Waals surface area (Å²) < 4.78 is 5.89. The Hall–Kier alpha value is -2.50. The summed E-state index contributed by atoms with van der Waals surface area (Å²) in [5.74, 6) is 1.79. The lowest BCUT2D eigenvalue weighted by Crippen LogP contribution is -2.35. The zero-order chi connectivity index (χ0) is 19.3. The van der Waals surface area contributed by atoms with Crippen molar-refractivity contribution in [2.45, 2.75) is 19.4 Å². The summed E-state index contributed by atoms with van der Waals surface area (Å²) >= 11 is 5.94. The van der Waals surface area contributed by atoms with Crippen molar-refractivity contribution in [1.82, 2.24) is 4.98 Å². The first-order valence-corrected chi connectivity index (χ1v) is 10.00. The van der Waals surface area contributed by atoms with Crippen molar-refractivity contribution in [3.05, 3.63) is 65.6 Å². The Labute approximate surface area is 170 Å². The van der Waals surface area contributed by atoms with Gasteiger partial charge in [-0.15, -0.1) is 0 Å². The quantitative estimate of drug-likeness (QED) is 0.624. The van der Waals surface area contributed by atoms with E-state index in [2.05, 4.69) is 33.4 Å². The summed E-state index contributed by atoms with van der Waals surface area (Å²) in [6.07, 6.45) is 3.79. The number of para-hydroxylation sites is 2. The van der Waals surface area contributed by atoms with Gasteiger partial charge >= 0.3 is 0 Å². The van der Waals surface area contributed by atoms with Crippen molar-refractivity contribution in [1.29, 1.82) is 0 Å². The molecule has 1 aromatic heterocycles. The second kappa shape index (κ2) is 8.67. The number of anilines is 2. The third kappa shape index (κ3) is 4.32. The third-order valence-electron chi connectivity index (χ3n) is 5.23. The first-order chi connectivity index (χ1) is 13.7. The number of nitrogens with one attached hydrogen (secondary N) is 1. The van der Waals surface area contributed by atoms with Crippen LogP contribution in [-0.2, 0) is 6.54 Å². The normalized spacial score (nSPS) is 15.0. The molecule has 0 amide bonds. The van der Waals surface area contributed by atoms with Crippen LogP contribution in [0.25, 0.3) is 11.3 Å². The summed E-state index contributed by atoms with van der Waals surface area (Å²) in [5.41, 5.74) is 3.20. The summed E-state index contributed by atoms with van der Waals surface area (Å²) in [5, 5.41) is 13.5. The maximum atomic E-state index is 9.36. The van der Waals surface area contributed by atoms with E-state index in [1.807, 2.05) is 30.3 Å². The molecule has 2 heterocycles. The highest BCUT2D eigenvalue weighted by Gasteiger charge is 2.20. The monoisotopic (exact) mass is 397 g/mol. The Balaban J connectivity index is 1.42. The fourth-order valence-electron chi connectivity index (χ4n) is 3.57. The van der Waals surface area contributed by atoms with Crippen molar-refractivity contribution < 1.29 is 9.52 Å². The Morgan fingerprint density at radius 1 is 1.11 bits per heavy atom. The van der Waals surface area contributed by atoms with Crippen molar-refractivity contribution in [3.63, 3.8) is 0 Å². The van der Waals surface area contributed by atoms with Gasteiger partial charge in [0.25, 0.3) is 0 Å². The summed E-state index contributed by atoms with van der Waals surface area (Å²) in [6.45, 7) is 2.72. The first kappa shape index (κ1) is 18.8. The summed E-state index contributed by atoms with van der Waals surface area (Å²) in [7, 11) is 0. The topological polar surface area (TPSA) is 61.5 Å². The smallest absolute Gasteiger partial charge is 0.214 e. The molecule has 1 aliphatic heterocycles. The average Bonchev–Trinajstić information content (AvgIpc) is 3.22. The number of aliphatic hydroxyl groups excluding tert-OH is 1. The van der Waals surface area contributed by atoms with Gasteiger partial charge in [0.15, 0.2) is 5.76 Å². The highest BCUT2D eigenvalue weighted by atomic mass is 35.5. The van der Waals surface area contributed by atoms with E-state index >= 15 is 0 Å². The van der Waals surface area contributed by atoms with E-state index in [0.29, 0.717) is 23.4 Å². The molecule has 1 saturated heterocycles. The molecule has 28 heavy (non-hydrogen) atoms. The fourth-order valence-corrected chi connectivity index (χ4v) is 3.69. The van der Waals surface area contributed by atoms with Crippen molar-refractivity contribution in [2.24, 2.45) is 5.92 Å². The lowest BCUT2D eigenvalue weighted by molar-refractivity contribution is 0.203. The number of hydrogen-bond donors (Lipinski definition) is 2. The highest BCUT2D eigenvalue weighted by molar-refractivity contribution is 6.30. The first-order valence-electron chi connectivity index (χ1n) is 9.62. The molecular weight excluding hydrogens is 374 g/mol. The predicted octanol–water partition coefficient (Wildman–Crippen LogP) is 4.82. The average molecular weight is 398 g/mol. The van der Waals surface area contributed by atoms with Crippen LogP contribution in [0.2, 0.25) is 5.02 Å². The van der Waals surface area contributed by atoms with Gasteiger partial charge < -0.3 is 19.7 Å². The number of aliphatic hydroxyl groups is 1. The van der Waals surface area contributed by atoms with Crippen LogP contribution in [0, 0.1) is 5.92 Å². The number of rotatable bonds is 6. The van der Waals surface area contributed by atoms with Crippen LogP contribution in [0.15, 0.2) is 59.1 Å². The van der Waals surface area contributed by atoms with Crippen molar-refractivity contribution >= 4 is 23.0 Å². The van der Waals surface area contributed by atoms with E-state index in [0.717, 1.165) is 42.9 Å². The van der Waals surface area contributed by atoms with Gasteiger partial charge in [-0.2, -0.15) is 0 Å². The third-order valence-corrected chi connectivity index (χ3v) is 5.48. The molecule has 0 saturated carbocycles. The lowest BCUT2D eigenvalue weighted by Gasteiger charge is -2.34. The molecular formula is C22H24ClN3O2. The number of benzene rings is 2. The number of piperidine rings is 1. The molecule has 0 radical (unpaired) electrons. The Kier molecular flexibility index (Phi) is 5.84. The maximum Gasteiger partial charge on any atom is 0.214 e. The number of aromatic nitrogens is 1. The van der Waals surface area contributed by atoms with Crippen LogP contribution in [-0.4, -0.2) is 29.8 Å². The van der Waals surface area contributed by atoms with E-state index in [4.69, 9.17) is 16.0 Å². The lowest BCUT2D eigenvalue weighted by atomic mass is 9.97. The Morgan fingerprint density at radius 2 is 1.86 bits per heavy atom. The molecule has 5 nitrogen and oxygen atoms in total. The highest BCUT2D eigenvalue weighted by Crippen LogP contribution is 2.30. The van der Waals surface area contributed by atoms with Gasteiger partial charge in [0, 0.05) is 30.3 Å². The second-order valence-corrected chi connectivity index (χ2v) is 7.55. The summed E-state index contributed by atoms with van der Waals surface area (Å²) in [4.78, 5) is 6.77. The molecule has 2 aromatic carbocycles. The number of hydrogen-bond acceptors (Lipinski definition) is 5. The molecule has 0 spiro atoms. The van der Waals surface area contributed by atoms with Crippen LogP contribution in [0.3, 0.4) is 0 Å². The van der Waals surface area contributed by atoms with Crippen LogP contribution >= 0.6 is 11.6 Å². The Bertz CT molecular complexity index is 902. The molecule has 0 bridgehead atoms. The number of oxazole rings is 1. The molecule has 0 atom stereocenters. The van der Waals surface area contributed by atoms with Crippen LogP contribution in [0.5, 0.6) is 0 Å².